The Morgan fingerprint density at radius 1 is 1.09 bits per heavy atom. The molecule has 2 aromatic rings. The average Bonchev–Trinajstić information content (AvgIpc) is 2.64. The van der Waals surface area contributed by atoms with E-state index in [1.54, 1.807) is 0 Å². The molecule has 0 amide bonds. The van der Waals surface area contributed by atoms with Crippen molar-refractivity contribution >= 4 is 35.0 Å². The molecule has 0 spiro atoms. The van der Waals surface area contributed by atoms with Crippen molar-refractivity contribution in [2.75, 3.05) is 14.1 Å². The van der Waals surface area contributed by atoms with E-state index in [0.717, 1.165) is 11.4 Å². The Kier molecular flexibility index (Phi) is 4.62. The molecule has 0 fully saturated rings. The molecule has 0 saturated heterocycles. The lowest BCUT2D eigenvalue weighted by atomic mass is 9.96. The minimum atomic E-state index is 0.480. The van der Waals surface area contributed by atoms with E-state index in [2.05, 4.69) is 68.4 Å². The van der Waals surface area contributed by atoms with Gasteiger partial charge in [-0.15, -0.1) is 0 Å². The number of nitrogens with zero attached hydrogens (tertiary/aromatic N) is 1. The molecule has 0 bridgehead atoms. The van der Waals surface area contributed by atoms with Crippen molar-refractivity contribution in [3.63, 3.8) is 0 Å². The minimum Gasteiger partial charge on any atom is -0.306 e. The maximum Gasteiger partial charge on any atom is 0.0412 e. The van der Waals surface area contributed by atoms with Crippen LogP contribution in [-0.4, -0.2) is 25.0 Å². The number of hydrogen-bond donors (Lipinski definition) is 0. The third-order valence-electron chi connectivity index (χ3n) is 4.15. The maximum absolute atomic E-state index is 6.26. The molecule has 0 aliphatic carbocycles. The predicted molar refractivity (Wildman–Crippen MR) is 97.7 cm³/mol. The summed E-state index contributed by atoms with van der Waals surface area (Å²) in [5.41, 5.74) is 3.92. The molecule has 0 aromatic heterocycles. The van der Waals surface area contributed by atoms with Gasteiger partial charge >= 0.3 is 0 Å². The molecule has 0 radical (unpaired) electrons. The van der Waals surface area contributed by atoms with Gasteiger partial charge in [-0.1, -0.05) is 41.6 Å². The molecule has 3 heteroatoms. The van der Waals surface area contributed by atoms with Crippen LogP contribution in [0.15, 0.2) is 52.3 Å². The van der Waals surface area contributed by atoms with E-state index < -0.39 is 0 Å². The molecule has 1 aliphatic rings. The second-order valence-corrected chi connectivity index (χ2v) is 7.49. The Hall–Kier alpha value is -1.22. The Morgan fingerprint density at radius 3 is 2.64 bits per heavy atom. The van der Waals surface area contributed by atoms with Crippen LogP contribution in [0.2, 0.25) is 5.02 Å². The van der Waals surface area contributed by atoms with Gasteiger partial charge < -0.3 is 4.90 Å². The number of benzene rings is 2. The van der Waals surface area contributed by atoms with E-state index >= 15 is 0 Å². The normalized spacial score (nSPS) is 14.9. The third-order valence-corrected chi connectivity index (χ3v) is 5.56. The predicted octanol–water partition coefficient (Wildman–Crippen LogP) is 5.69. The van der Waals surface area contributed by atoms with Crippen LogP contribution in [0.4, 0.5) is 0 Å². The standard InChI is InChI=1S/C19H20ClNS/c1-13(21(2)3)10-15-11-14-6-4-5-7-18(14)22-19-9-8-16(20)12-17(15)19/h4-9,11-13H,10H2,1-3H3. The average molecular weight is 330 g/mol. The summed E-state index contributed by atoms with van der Waals surface area (Å²) in [6.45, 7) is 2.26. The van der Waals surface area contributed by atoms with Crippen LogP contribution >= 0.6 is 23.4 Å². The van der Waals surface area contributed by atoms with Gasteiger partial charge in [-0.05, 0) is 74.5 Å². The summed E-state index contributed by atoms with van der Waals surface area (Å²) in [5.74, 6) is 0. The highest BCUT2D eigenvalue weighted by atomic mass is 35.5. The molecular weight excluding hydrogens is 310 g/mol. The van der Waals surface area contributed by atoms with Crippen LogP contribution in [0.5, 0.6) is 0 Å². The molecule has 1 unspecified atom stereocenters. The summed E-state index contributed by atoms with van der Waals surface area (Å²) in [6, 6.07) is 15.3. The first kappa shape index (κ1) is 15.7. The Labute approximate surface area is 142 Å². The fourth-order valence-electron chi connectivity index (χ4n) is 2.59. The highest BCUT2D eigenvalue weighted by Gasteiger charge is 2.18. The molecule has 1 nitrogen and oxygen atoms in total. The molecular formula is C19H20ClNS. The van der Waals surface area contributed by atoms with Crippen LogP contribution in [0.3, 0.4) is 0 Å². The Balaban J connectivity index is 2.11. The first-order chi connectivity index (χ1) is 10.5. The second kappa shape index (κ2) is 6.49. The zero-order valence-electron chi connectivity index (χ0n) is 13.1. The summed E-state index contributed by atoms with van der Waals surface area (Å²) in [4.78, 5) is 4.85. The topological polar surface area (TPSA) is 3.24 Å². The van der Waals surface area contributed by atoms with E-state index in [-0.39, 0.29) is 0 Å². The molecule has 1 heterocycles. The quantitative estimate of drug-likeness (QED) is 0.712. The van der Waals surface area contributed by atoms with Gasteiger partial charge in [0.2, 0.25) is 0 Å². The zero-order valence-corrected chi connectivity index (χ0v) is 14.7. The summed E-state index contributed by atoms with van der Waals surface area (Å²) in [6.07, 6.45) is 3.33. The van der Waals surface area contributed by atoms with Crippen molar-refractivity contribution in [2.24, 2.45) is 0 Å². The van der Waals surface area contributed by atoms with Crippen LogP contribution in [0.1, 0.15) is 24.5 Å². The van der Waals surface area contributed by atoms with Crippen LogP contribution < -0.4 is 0 Å². The fourth-order valence-corrected chi connectivity index (χ4v) is 3.83. The van der Waals surface area contributed by atoms with E-state index in [0.29, 0.717) is 6.04 Å². The maximum atomic E-state index is 6.26. The third kappa shape index (κ3) is 3.24. The highest BCUT2D eigenvalue weighted by Crippen LogP contribution is 2.42. The van der Waals surface area contributed by atoms with Crippen LogP contribution in [0.25, 0.3) is 11.6 Å². The van der Waals surface area contributed by atoms with Crippen molar-refractivity contribution in [2.45, 2.75) is 29.2 Å². The first-order valence-corrected chi connectivity index (χ1v) is 8.68. The Bertz CT molecular complexity index is 721. The van der Waals surface area contributed by atoms with E-state index in [1.807, 2.05) is 17.8 Å². The lowest BCUT2D eigenvalue weighted by molar-refractivity contribution is 0.319. The molecule has 0 saturated carbocycles. The first-order valence-electron chi connectivity index (χ1n) is 7.48. The molecule has 2 aromatic carbocycles. The number of hydrogen-bond acceptors (Lipinski definition) is 2. The van der Waals surface area contributed by atoms with Crippen molar-refractivity contribution in [1.82, 2.24) is 4.90 Å². The SMILES string of the molecule is CC(CC1=Cc2ccccc2Sc2ccc(Cl)cc21)N(C)C. The summed E-state index contributed by atoms with van der Waals surface area (Å²) < 4.78 is 0. The molecule has 0 N–H and O–H groups in total. The van der Waals surface area contributed by atoms with Crippen molar-refractivity contribution in [3.8, 4) is 0 Å². The summed E-state index contributed by atoms with van der Waals surface area (Å²) >= 11 is 8.09. The van der Waals surface area contributed by atoms with Crippen molar-refractivity contribution in [3.05, 3.63) is 58.6 Å². The molecule has 3 rings (SSSR count). The van der Waals surface area contributed by atoms with Gasteiger partial charge in [0.05, 0.1) is 0 Å². The molecule has 114 valence electrons. The minimum absolute atomic E-state index is 0.480. The molecule has 1 atom stereocenters. The molecule has 1 aliphatic heterocycles. The van der Waals surface area contributed by atoms with E-state index in [4.69, 9.17) is 11.6 Å². The fraction of sp³-hybridized carbons (Fsp3) is 0.263. The number of rotatable bonds is 3. The summed E-state index contributed by atoms with van der Waals surface area (Å²) in [7, 11) is 4.26. The lowest BCUT2D eigenvalue weighted by Crippen LogP contribution is -2.24. The highest BCUT2D eigenvalue weighted by molar-refractivity contribution is 7.99. The largest absolute Gasteiger partial charge is 0.306 e. The monoisotopic (exact) mass is 329 g/mol. The van der Waals surface area contributed by atoms with Gasteiger partial charge in [0.25, 0.3) is 0 Å². The van der Waals surface area contributed by atoms with Crippen molar-refractivity contribution in [1.29, 1.82) is 0 Å². The Morgan fingerprint density at radius 2 is 1.86 bits per heavy atom. The zero-order chi connectivity index (χ0) is 15.7. The van der Waals surface area contributed by atoms with Gasteiger partial charge in [-0.25, -0.2) is 0 Å². The van der Waals surface area contributed by atoms with Gasteiger partial charge in [-0.2, -0.15) is 0 Å². The van der Waals surface area contributed by atoms with Gasteiger partial charge in [0, 0.05) is 20.9 Å². The molecule has 22 heavy (non-hydrogen) atoms. The van der Waals surface area contributed by atoms with Gasteiger partial charge in [0.15, 0.2) is 0 Å². The smallest absolute Gasteiger partial charge is 0.0412 e. The number of halogens is 1. The van der Waals surface area contributed by atoms with Crippen LogP contribution in [0, 0.1) is 0 Å². The van der Waals surface area contributed by atoms with Crippen molar-refractivity contribution < 1.29 is 0 Å². The van der Waals surface area contributed by atoms with Crippen LogP contribution in [-0.2, 0) is 0 Å². The van der Waals surface area contributed by atoms with E-state index in [1.165, 1.54) is 26.5 Å². The summed E-state index contributed by atoms with van der Waals surface area (Å²) in [5, 5.41) is 0.800. The van der Waals surface area contributed by atoms with E-state index in [9.17, 15) is 0 Å². The van der Waals surface area contributed by atoms with Gasteiger partial charge in [-0.3, -0.25) is 0 Å². The number of fused-ring (bicyclic) bond motifs is 2. The van der Waals surface area contributed by atoms with Gasteiger partial charge in [0.1, 0.15) is 0 Å². The second-order valence-electron chi connectivity index (χ2n) is 5.97. The lowest BCUT2D eigenvalue weighted by Gasteiger charge is -2.22.